The number of rotatable bonds is 6. The highest BCUT2D eigenvalue weighted by Gasteiger charge is 2.37. The Balaban J connectivity index is 1.48. The number of hydrogen-bond donors (Lipinski definition) is 1. The van der Waals surface area contributed by atoms with E-state index in [0.717, 1.165) is 28.1 Å². The molecule has 0 aromatic carbocycles. The number of thioether (sulfide) groups is 1. The Morgan fingerprint density at radius 3 is 2.52 bits per heavy atom. The summed E-state index contributed by atoms with van der Waals surface area (Å²) in [5.74, 6) is 1.67. The maximum atomic E-state index is 12.7. The molecule has 0 spiro atoms. The molecule has 2 heterocycles. The fraction of sp³-hybridized carbons (Fsp3) is 0.647. The van der Waals surface area contributed by atoms with Crippen molar-refractivity contribution in [2.75, 3.05) is 5.32 Å². The lowest BCUT2D eigenvalue weighted by Gasteiger charge is -2.13. The van der Waals surface area contributed by atoms with E-state index in [1.54, 1.807) is 4.68 Å². The predicted molar refractivity (Wildman–Crippen MR) is 96.9 cm³/mol. The van der Waals surface area contributed by atoms with Crippen LogP contribution in [0.25, 0.3) is 0 Å². The summed E-state index contributed by atoms with van der Waals surface area (Å²) in [6.45, 7) is 5.79. The smallest absolute Gasteiger partial charge is 0.237 e. The Kier molecular flexibility index (Phi) is 4.10. The number of aryl methyl sites for hydroxylation is 2. The maximum Gasteiger partial charge on any atom is 0.237 e. The molecular weight excluding hydrogens is 336 g/mol. The van der Waals surface area contributed by atoms with Crippen molar-refractivity contribution in [3.63, 3.8) is 0 Å². The Labute approximate surface area is 151 Å². The molecule has 0 aliphatic heterocycles. The van der Waals surface area contributed by atoms with Gasteiger partial charge in [-0.2, -0.15) is 5.10 Å². The van der Waals surface area contributed by atoms with Crippen LogP contribution in [-0.4, -0.2) is 35.7 Å². The van der Waals surface area contributed by atoms with E-state index >= 15 is 0 Å². The first-order chi connectivity index (χ1) is 12.0. The van der Waals surface area contributed by atoms with Crippen molar-refractivity contribution in [1.29, 1.82) is 0 Å². The minimum absolute atomic E-state index is 0.0254. The Hall–Kier alpha value is -1.83. The average Bonchev–Trinajstić information content (AvgIpc) is 3.49. The van der Waals surface area contributed by atoms with Crippen LogP contribution in [0.2, 0.25) is 0 Å². The van der Waals surface area contributed by atoms with E-state index in [9.17, 15) is 4.79 Å². The summed E-state index contributed by atoms with van der Waals surface area (Å²) in [7, 11) is 1.88. The van der Waals surface area contributed by atoms with E-state index in [1.807, 2.05) is 27.8 Å². The number of nitrogens with one attached hydrogen (secondary N) is 1. The second kappa shape index (κ2) is 6.16. The van der Waals surface area contributed by atoms with Crippen LogP contribution in [-0.2, 0) is 11.8 Å². The molecule has 8 heteroatoms. The zero-order valence-electron chi connectivity index (χ0n) is 15.1. The van der Waals surface area contributed by atoms with Gasteiger partial charge in [-0.3, -0.25) is 9.48 Å². The Morgan fingerprint density at radius 1 is 1.24 bits per heavy atom. The summed E-state index contributed by atoms with van der Waals surface area (Å²) in [5.41, 5.74) is 2.60. The van der Waals surface area contributed by atoms with Gasteiger partial charge in [-0.1, -0.05) is 11.8 Å². The van der Waals surface area contributed by atoms with E-state index in [2.05, 4.69) is 25.2 Å². The van der Waals surface area contributed by atoms with Crippen LogP contribution < -0.4 is 5.32 Å². The molecule has 4 rings (SSSR count). The fourth-order valence-electron chi connectivity index (χ4n) is 3.06. The molecule has 2 aromatic heterocycles. The molecule has 2 aromatic rings. The van der Waals surface area contributed by atoms with E-state index in [4.69, 9.17) is 0 Å². The monoisotopic (exact) mass is 360 g/mol. The van der Waals surface area contributed by atoms with E-state index in [0.29, 0.717) is 12.0 Å². The molecule has 1 unspecified atom stereocenters. The molecule has 1 N–H and O–H groups in total. The first kappa shape index (κ1) is 16.6. The number of nitrogens with zero attached hydrogens (tertiary/aromatic N) is 5. The van der Waals surface area contributed by atoms with Crippen molar-refractivity contribution in [2.24, 2.45) is 7.05 Å². The molecule has 0 saturated heterocycles. The summed E-state index contributed by atoms with van der Waals surface area (Å²) in [6.07, 6.45) is 4.82. The van der Waals surface area contributed by atoms with Crippen molar-refractivity contribution in [1.82, 2.24) is 24.5 Å². The van der Waals surface area contributed by atoms with Gasteiger partial charge in [-0.25, -0.2) is 0 Å². The van der Waals surface area contributed by atoms with Crippen LogP contribution in [0.4, 0.5) is 5.69 Å². The zero-order chi connectivity index (χ0) is 17.7. The first-order valence-electron chi connectivity index (χ1n) is 8.88. The first-order valence-corrected chi connectivity index (χ1v) is 9.76. The summed E-state index contributed by atoms with van der Waals surface area (Å²) in [5, 5.41) is 16.8. The lowest BCUT2D eigenvalue weighted by molar-refractivity contribution is -0.115. The number of anilines is 1. The van der Waals surface area contributed by atoms with Gasteiger partial charge >= 0.3 is 0 Å². The lowest BCUT2D eigenvalue weighted by Crippen LogP contribution is -2.23. The standard InChI is InChI=1S/C17H24N6OS/c1-9-14(10(2)22(4)21-9)18-16(24)11(3)25-17-20-19-15(12-5-6-12)23(17)13-7-8-13/h11-13H,5-8H2,1-4H3,(H,18,24). The molecule has 0 radical (unpaired) electrons. The van der Waals surface area contributed by atoms with Crippen LogP contribution >= 0.6 is 11.8 Å². The van der Waals surface area contributed by atoms with Crippen LogP contribution in [0.3, 0.4) is 0 Å². The molecule has 0 bridgehead atoms. The third kappa shape index (κ3) is 3.19. The number of carbonyl (C=O) groups excluding carboxylic acids is 1. The zero-order valence-corrected chi connectivity index (χ0v) is 15.9. The molecule has 25 heavy (non-hydrogen) atoms. The maximum absolute atomic E-state index is 12.7. The second-order valence-electron chi connectivity index (χ2n) is 7.13. The van der Waals surface area contributed by atoms with E-state index in [1.165, 1.54) is 37.4 Å². The highest BCUT2D eigenvalue weighted by Crippen LogP contribution is 2.46. The van der Waals surface area contributed by atoms with Gasteiger partial charge < -0.3 is 9.88 Å². The molecule has 1 amide bonds. The number of hydrogen-bond acceptors (Lipinski definition) is 5. The highest BCUT2D eigenvalue weighted by molar-refractivity contribution is 8.00. The Bertz CT molecular complexity index is 817. The number of aromatic nitrogens is 5. The summed E-state index contributed by atoms with van der Waals surface area (Å²) in [4.78, 5) is 12.7. The topological polar surface area (TPSA) is 77.6 Å². The van der Waals surface area contributed by atoms with Crippen LogP contribution in [0, 0.1) is 13.8 Å². The molecule has 134 valence electrons. The minimum Gasteiger partial charge on any atom is -0.322 e. The fourth-order valence-corrected chi connectivity index (χ4v) is 3.98. The van der Waals surface area contributed by atoms with Crippen molar-refractivity contribution in [2.45, 2.75) is 68.8 Å². The van der Waals surface area contributed by atoms with Gasteiger partial charge in [0.1, 0.15) is 5.82 Å². The number of amides is 1. The quantitative estimate of drug-likeness (QED) is 0.802. The summed E-state index contributed by atoms with van der Waals surface area (Å²) in [6, 6.07) is 0.533. The van der Waals surface area contributed by atoms with Crippen LogP contribution in [0.15, 0.2) is 5.16 Å². The average molecular weight is 360 g/mol. The van der Waals surface area contributed by atoms with Gasteiger partial charge in [-0.05, 0) is 46.5 Å². The van der Waals surface area contributed by atoms with Crippen molar-refractivity contribution < 1.29 is 4.79 Å². The molecule has 2 saturated carbocycles. The molecule has 1 atom stereocenters. The van der Waals surface area contributed by atoms with Crippen LogP contribution in [0.1, 0.15) is 61.8 Å². The molecule has 7 nitrogen and oxygen atoms in total. The molecule has 2 aliphatic rings. The van der Waals surface area contributed by atoms with Gasteiger partial charge in [0.05, 0.1) is 22.3 Å². The second-order valence-corrected chi connectivity index (χ2v) is 8.44. The SMILES string of the molecule is Cc1nn(C)c(C)c1NC(=O)C(C)Sc1nnc(C2CC2)n1C1CC1. The van der Waals surface area contributed by atoms with Gasteiger partial charge in [0.15, 0.2) is 5.16 Å². The predicted octanol–water partition coefficient (Wildman–Crippen LogP) is 2.96. The minimum atomic E-state index is -0.243. The van der Waals surface area contributed by atoms with Gasteiger partial charge in [0, 0.05) is 19.0 Å². The summed E-state index contributed by atoms with van der Waals surface area (Å²) >= 11 is 1.50. The lowest BCUT2D eigenvalue weighted by atomic mass is 10.3. The van der Waals surface area contributed by atoms with E-state index in [-0.39, 0.29) is 11.2 Å². The van der Waals surface area contributed by atoms with Crippen LogP contribution in [0.5, 0.6) is 0 Å². The Morgan fingerprint density at radius 2 is 1.96 bits per heavy atom. The van der Waals surface area contributed by atoms with Crippen molar-refractivity contribution in [3.05, 3.63) is 17.2 Å². The van der Waals surface area contributed by atoms with E-state index < -0.39 is 0 Å². The van der Waals surface area contributed by atoms with Crippen molar-refractivity contribution >= 4 is 23.4 Å². The summed E-state index contributed by atoms with van der Waals surface area (Å²) < 4.78 is 4.07. The third-order valence-corrected chi connectivity index (χ3v) is 6.01. The van der Waals surface area contributed by atoms with Gasteiger partial charge in [0.2, 0.25) is 5.91 Å². The molecule has 2 aliphatic carbocycles. The highest BCUT2D eigenvalue weighted by atomic mass is 32.2. The molecular formula is C17H24N6OS. The van der Waals surface area contributed by atoms with Gasteiger partial charge in [-0.15, -0.1) is 10.2 Å². The molecule has 2 fully saturated rings. The number of carbonyl (C=O) groups is 1. The largest absolute Gasteiger partial charge is 0.322 e. The normalized spacial score (nSPS) is 18.4. The van der Waals surface area contributed by atoms with Crippen molar-refractivity contribution in [3.8, 4) is 0 Å². The third-order valence-electron chi connectivity index (χ3n) is 4.95. The van der Waals surface area contributed by atoms with Gasteiger partial charge in [0.25, 0.3) is 0 Å².